The predicted molar refractivity (Wildman–Crippen MR) is 113 cm³/mol. The van der Waals surface area contributed by atoms with E-state index in [-0.39, 0.29) is 23.8 Å². The van der Waals surface area contributed by atoms with Crippen molar-refractivity contribution >= 4 is 40.0 Å². The van der Waals surface area contributed by atoms with E-state index in [9.17, 15) is 14.9 Å². The van der Waals surface area contributed by atoms with E-state index in [1.165, 1.54) is 15.8 Å². The second kappa shape index (κ2) is 9.09. The Labute approximate surface area is 171 Å². The number of nitro groups is 1. The first kappa shape index (κ1) is 20.2. The van der Waals surface area contributed by atoms with Crippen LogP contribution in [0, 0.1) is 24.0 Å². The van der Waals surface area contributed by atoms with Gasteiger partial charge in [0, 0.05) is 6.07 Å². The van der Waals surface area contributed by atoms with Crippen molar-refractivity contribution in [1.29, 1.82) is 0 Å². The highest BCUT2D eigenvalue weighted by Crippen LogP contribution is 2.27. The number of carbonyl (C=O) groups excluding carboxylic acids is 1. The summed E-state index contributed by atoms with van der Waals surface area (Å²) in [6.07, 6.45) is 0. The Morgan fingerprint density at radius 2 is 1.64 bits per heavy atom. The van der Waals surface area contributed by atoms with Gasteiger partial charge in [-0.2, -0.15) is 0 Å². The number of benzene rings is 1. The molecule has 0 saturated carbocycles. The second-order valence-electron chi connectivity index (χ2n) is 6.70. The number of hydrogen-bond donors (Lipinski definition) is 2. The quantitative estimate of drug-likeness (QED) is 0.435. The summed E-state index contributed by atoms with van der Waals surface area (Å²) in [5.41, 5.74) is 1.91. The molecule has 0 aliphatic carbocycles. The number of hydrogen-bond acceptors (Lipinski definition) is 5. The molecule has 0 saturated heterocycles. The van der Waals surface area contributed by atoms with Crippen LogP contribution in [0.25, 0.3) is 0 Å². The molecule has 0 radical (unpaired) electrons. The third-order valence-corrected chi connectivity index (χ3v) is 6.25. The number of rotatable bonds is 8. The molecule has 0 atom stereocenters. The molecule has 1 amide bonds. The number of aryl methyl sites for hydroxylation is 2. The molecule has 2 N–H and O–H groups in total. The number of amides is 1. The van der Waals surface area contributed by atoms with Crippen LogP contribution in [0.5, 0.6) is 0 Å². The lowest BCUT2D eigenvalue weighted by atomic mass is 10.1. The number of thiophene rings is 2. The molecule has 0 bridgehead atoms. The third kappa shape index (κ3) is 5.25. The van der Waals surface area contributed by atoms with E-state index in [1.54, 1.807) is 28.7 Å². The summed E-state index contributed by atoms with van der Waals surface area (Å²) in [5, 5.41) is 18.2. The number of nitrogens with one attached hydrogen (secondary N) is 2. The topological polar surface area (TPSA) is 76.7 Å². The monoisotopic (exact) mass is 416 g/mol. The Balaban J connectivity index is 1.74. The van der Waals surface area contributed by atoms with Gasteiger partial charge in [0.25, 0.3) is 11.6 Å². The van der Waals surface area contributed by atoms with Crippen LogP contribution in [0.3, 0.4) is 0 Å². The molecule has 0 aliphatic rings. The van der Waals surface area contributed by atoms with Crippen molar-refractivity contribution in [3.8, 4) is 0 Å². The molecule has 0 fully saturated rings. The molecule has 28 heavy (non-hydrogen) atoms. The minimum absolute atomic E-state index is 0.0745. The minimum atomic E-state index is -0.454. The van der Waals surface area contributed by atoms with Crippen molar-refractivity contribution in [2.75, 3.05) is 11.9 Å². The van der Waals surface area contributed by atoms with Gasteiger partial charge in [-0.1, -0.05) is 12.1 Å². The van der Waals surface area contributed by atoms with E-state index >= 15 is 0 Å². The van der Waals surface area contributed by atoms with Gasteiger partial charge >= 0.3 is 0 Å². The highest BCUT2D eigenvalue weighted by atomic mass is 32.1. The van der Waals surface area contributed by atoms with Gasteiger partial charge in [-0.05, 0) is 53.9 Å². The van der Waals surface area contributed by atoms with Crippen LogP contribution >= 0.6 is 22.7 Å². The van der Waals surface area contributed by atoms with E-state index in [1.807, 2.05) is 36.7 Å². The molecule has 2 heterocycles. The average Bonchev–Trinajstić information content (AvgIpc) is 3.31. The van der Waals surface area contributed by atoms with Crippen LogP contribution in [-0.4, -0.2) is 17.4 Å². The normalized spacial score (nSPS) is 11.0. The minimum Gasteiger partial charge on any atom is -0.318 e. The van der Waals surface area contributed by atoms with Crippen LogP contribution < -0.4 is 10.2 Å². The molecule has 3 rings (SSSR count). The van der Waals surface area contributed by atoms with Crippen molar-refractivity contribution in [1.82, 2.24) is 0 Å². The Kier molecular flexibility index (Phi) is 6.56. The molecule has 1 aromatic carbocycles. The SMILES string of the molecule is Cc1cc(NC(=O)C[NH+](Cc2cccs2)Cc2cccs2)c([N+](=O)[O-])cc1C. The lowest BCUT2D eigenvalue weighted by Crippen LogP contribution is -3.10. The summed E-state index contributed by atoms with van der Waals surface area (Å²) in [6, 6.07) is 11.3. The van der Waals surface area contributed by atoms with Crippen LogP contribution in [0.1, 0.15) is 20.9 Å². The molecule has 0 spiro atoms. The summed E-state index contributed by atoms with van der Waals surface area (Å²) < 4.78 is 0. The van der Waals surface area contributed by atoms with E-state index in [0.29, 0.717) is 0 Å². The fourth-order valence-electron chi connectivity index (χ4n) is 2.98. The van der Waals surface area contributed by atoms with Crippen molar-refractivity contribution in [3.63, 3.8) is 0 Å². The highest BCUT2D eigenvalue weighted by molar-refractivity contribution is 7.10. The van der Waals surface area contributed by atoms with Crippen molar-refractivity contribution in [3.05, 3.63) is 78.2 Å². The van der Waals surface area contributed by atoms with Crippen LogP contribution in [0.15, 0.2) is 47.2 Å². The first-order chi connectivity index (χ1) is 13.4. The van der Waals surface area contributed by atoms with Gasteiger partial charge in [0.1, 0.15) is 18.8 Å². The molecule has 6 nitrogen and oxygen atoms in total. The van der Waals surface area contributed by atoms with Crippen molar-refractivity contribution < 1.29 is 14.6 Å². The van der Waals surface area contributed by atoms with Gasteiger partial charge < -0.3 is 10.2 Å². The number of carbonyl (C=O) groups is 1. The molecule has 0 unspecified atom stereocenters. The molecular formula is C20H22N3O3S2+. The number of nitro benzene ring substituents is 1. The molecule has 3 aromatic rings. The predicted octanol–water partition coefficient (Wildman–Crippen LogP) is 3.56. The summed E-state index contributed by atoms with van der Waals surface area (Å²) in [4.78, 5) is 27.1. The zero-order valence-corrected chi connectivity index (χ0v) is 17.4. The summed E-state index contributed by atoms with van der Waals surface area (Å²) >= 11 is 3.33. The largest absolute Gasteiger partial charge is 0.318 e. The lowest BCUT2D eigenvalue weighted by molar-refractivity contribution is -0.918. The van der Waals surface area contributed by atoms with Gasteiger partial charge in [-0.15, -0.1) is 22.7 Å². The Hall–Kier alpha value is -2.55. The maximum atomic E-state index is 12.7. The Morgan fingerprint density at radius 1 is 1.07 bits per heavy atom. The van der Waals surface area contributed by atoms with Crippen LogP contribution in [0.4, 0.5) is 11.4 Å². The highest BCUT2D eigenvalue weighted by Gasteiger charge is 2.21. The molecule has 0 aliphatic heterocycles. The van der Waals surface area contributed by atoms with E-state index in [2.05, 4.69) is 17.4 Å². The fraction of sp³-hybridized carbons (Fsp3) is 0.250. The molecule has 8 heteroatoms. The number of anilines is 1. The standard InChI is InChI=1S/C20H21N3O3S2/c1-14-9-18(19(23(25)26)10-15(14)2)21-20(24)13-22(11-16-5-3-7-27-16)12-17-6-4-8-28-17/h3-10H,11-13H2,1-2H3,(H,21,24)/p+1. The first-order valence-electron chi connectivity index (χ1n) is 8.86. The third-order valence-electron chi connectivity index (χ3n) is 4.50. The van der Waals surface area contributed by atoms with Crippen molar-refractivity contribution in [2.45, 2.75) is 26.9 Å². The van der Waals surface area contributed by atoms with Gasteiger partial charge in [0.2, 0.25) is 0 Å². The number of quaternary nitrogens is 1. The summed E-state index contributed by atoms with van der Waals surface area (Å²) in [7, 11) is 0. The molecule has 2 aromatic heterocycles. The van der Waals surface area contributed by atoms with Gasteiger partial charge in [-0.3, -0.25) is 14.9 Å². The summed E-state index contributed by atoms with van der Waals surface area (Å²) in [5.74, 6) is -0.227. The van der Waals surface area contributed by atoms with E-state index in [4.69, 9.17) is 0 Å². The second-order valence-corrected chi connectivity index (χ2v) is 8.76. The Morgan fingerprint density at radius 3 is 2.14 bits per heavy atom. The molecular weight excluding hydrogens is 394 g/mol. The maximum Gasteiger partial charge on any atom is 0.293 e. The lowest BCUT2D eigenvalue weighted by Gasteiger charge is -2.18. The Bertz CT molecular complexity index is 917. The van der Waals surface area contributed by atoms with E-state index in [0.717, 1.165) is 29.1 Å². The van der Waals surface area contributed by atoms with Gasteiger partial charge in [0.15, 0.2) is 6.54 Å². The van der Waals surface area contributed by atoms with Crippen molar-refractivity contribution in [2.24, 2.45) is 0 Å². The van der Waals surface area contributed by atoms with Crippen LogP contribution in [0.2, 0.25) is 0 Å². The first-order valence-corrected chi connectivity index (χ1v) is 10.6. The van der Waals surface area contributed by atoms with Gasteiger partial charge in [0.05, 0.1) is 14.7 Å². The average molecular weight is 417 g/mol. The maximum absolute atomic E-state index is 12.7. The molecule has 146 valence electrons. The number of nitrogens with zero attached hydrogens (tertiary/aromatic N) is 1. The zero-order chi connectivity index (χ0) is 20.1. The smallest absolute Gasteiger partial charge is 0.293 e. The van der Waals surface area contributed by atoms with Crippen LogP contribution in [-0.2, 0) is 17.9 Å². The van der Waals surface area contributed by atoms with Gasteiger partial charge in [-0.25, -0.2) is 0 Å². The zero-order valence-electron chi connectivity index (χ0n) is 15.7. The van der Waals surface area contributed by atoms with E-state index < -0.39 is 4.92 Å². The summed E-state index contributed by atoms with van der Waals surface area (Å²) in [6.45, 7) is 5.40. The fourth-order valence-corrected chi connectivity index (χ4v) is 4.53.